The minimum atomic E-state index is -1.05. The van der Waals surface area contributed by atoms with E-state index in [1.54, 1.807) is 43.3 Å². The largest absolute Gasteiger partial charge is 0.478 e. The van der Waals surface area contributed by atoms with Crippen LogP contribution in [-0.4, -0.2) is 27.9 Å². The van der Waals surface area contributed by atoms with Crippen molar-refractivity contribution >= 4 is 46.0 Å². The van der Waals surface area contributed by atoms with Crippen LogP contribution in [0, 0.1) is 30.6 Å². The fourth-order valence-electron chi connectivity index (χ4n) is 5.67. The maximum atomic E-state index is 13.1. The summed E-state index contributed by atoms with van der Waals surface area (Å²) in [7, 11) is 0. The van der Waals surface area contributed by atoms with Gasteiger partial charge in [-0.1, -0.05) is 42.0 Å². The van der Waals surface area contributed by atoms with Gasteiger partial charge in [0.1, 0.15) is 0 Å². The van der Waals surface area contributed by atoms with E-state index in [0.29, 0.717) is 38.4 Å². The van der Waals surface area contributed by atoms with Crippen LogP contribution in [0.1, 0.15) is 22.3 Å². The van der Waals surface area contributed by atoms with E-state index in [4.69, 9.17) is 11.6 Å². The van der Waals surface area contributed by atoms with Gasteiger partial charge in [-0.25, -0.2) is 9.78 Å². The molecule has 1 saturated heterocycles. The molecule has 6 rings (SSSR count). The van der Waals surface area contributed by atoms with Gasteiger partial charge in [0, 0.05) is 16.0 Å². The fourth-order valence-corrected chi connectivity index (χ4v) is 5.82. The molecule has 1 aliphatic heterocycles. The summed E-state index contributed by atoms with van der Waals surface area (Å²) >= 11 is 6.24. The number of benzene rings is 2. The number of rotatable bonds is 3. The zero-order valence-electron chi connectivity index (χ0n) is 17.7. The van der Waals surface area contributed by atoms with E-state index in [1.807, 2.05) is 0 Å². The molecular formula is C26H19ClN2O4. The van der Waals surface area contributed by atoms with Gasteiger partial charge in [0.25, 0.3) is 0 Å². The third-order valence-corrected chi connectivity index (χ3v) is 7.70. The van der Waals surface area contributed by atoms with Gasteiger partial charge in [-0.05, 0) is 55.0 Å². The second-order valence-electron chi connectivity index (χ2n) is 8.99. The van der Waals surface area contributed by atoms with Gasteiger partial charge < -0.3 is 5.11 Å². The van der Waals surface area contributed by atoms with E-state index in [-0.39, 0.29) is 41.0 Å². The summed E-state index contributed by atoms with van der Waals surface area (Å²) in [5.74, 6) is -1.49. The summed E-state index contributed by atoms with van der Waals surface area (Å²) in [5.41, 5.74) is 3.07. The quantitative estimate of drug-likeness (QED) is 0.446. The predicted octanol–water partition coefficient (Wildman–Crippen LogP) is 4.87. The molecule has 1 saturated carbocycles. The Morgan fingerprint density at radius 3 is 2.27 bits per heavy atom. The van der Waals surface area contributed by atoms with Crippen molar-refractivity contribution in [3.63, 3.8) is 0 Å². The van der Waals surface area contributed by atoms with Gasteiger partial charge >= 0.3 is 5.97 Å². The van der Waals surface area contributed by atoms with Gasteiger partial charge in [0.2, 0.25) is 11.8 Å². The molecule has 1 N–H and O–H groups in total. The molecule has 2 fully saturated rings. The second kappa shape index (κ2) is 6.99. The Balaban J connectivity index is 1.39. The molecule has 2 amide bonds. The van der Waals surface area contributed by atoms with Crippen molar-refractivity contribution < 1.29 is 19.5 Å². The highest BCUT2D eigenvalue weighted by atomic mass is 35.5. The van der Waals surface area contributed by atoms with Crippen LogP contribution in [0.15, 0.2) is 54.6 Å². The molecule has 6 nitrogen and oxygen atoms in total. The van der Waals surface area contributed by atoms with E-state index in [9.17, 15) is 19.5 Å². The number of imide groups is 1. The van der Waals surface area contributed by atoms with Crippen molar-refractivity contribution in [1.82, 2.24) is 4.98 Å². The lowest BCUT2D eigenvalue weighted by molar-refractivity contribution is -0.123. The van der Waals surface area contributed by atoms with Crippen molar-refractivity contribution in [1.29, 1.82) is 0 Å². The zero-order chi connectivity index (χ0) is 23.0. The summed E-state index contributed by atoms with van der Waals surface area (Å²) in [4.78, 5) is 44.0. The lowest BCUT2D eigenvalue weighted by atomic mass is 9.85. The van der Waals surface area contributed by atoms with Crippen LogP contribution in [-0.2, 0) is 9.59 Å². The minimum absolute atomic E-state index is 0.128. The average molecular weight is 459 g/mol. The zero-order valence-corrected chi connectivity index (χ0v) is 18.4. The van der Waals surface area contributed by atoms with Crippen LogP contribution in [0.25, 0.3) is 22.2 Å². The predicted molar refractivity (Wildman–Crippen MR) is 124 cm³/mol. The minimum Gasteiger partial charge on any atom is -0.478 e. The summed E-state index contributed by atoms with van der Waals surface area (Å²) in [5, 5.41) is 10.8. The van der Waals surface area contributed by atoms with Crippen molar-refractivity contribution in [2.24, 2.45) is 23.7 Å². The number of aromatic nitrogens is 1. The lowest BCUT2D eigenvalue weighted by Crippen LogP contribution is -2.32. The molecular weight excluding hydrogens is 440 g/mol. The van der Waals surface area contributed by atoms with Gasteiger partial charge in [-0.3, -0.25) is 14.5 Å². The number of fused-ring (bicyclic) bond motifs is 6. The number of anilines is 1. The number of carboxylic acids is 1. The molecule has 2 aromatic carbocycles. The Morgan fingerprint density at radius 1 is 1.03 bits per heavy atom. The Labute approximate surface area is 194 Å². The Kier molecular flexibility index (Phi) is 4.26. The molecule has 0 spiro atoms. The number of carbonyl (C=O) groups excluding carboxylic acids is 2. The van der Waals surface area contributed by atoms with Crippen molar-refractivity contribution in [3.8, 4) is 11.3 Å². The van der Waals surface area contributed by atoms with E-state index in [2.05, 4.69) is 17.1 Å². The number of carboxylic acid groups (broad SMARTS) is 1. The molecule has 33 heavy (non-hydrogen) atoms. The third-order valence-electron chi connectivity index (χ3n) is 7.29. The van der Waals surface area contributed by atoms with Crippen LogP contribution in [0.2, 0.25) is 5.02 Å². The molecule has 3 aromatic rings. The van der Waals surface area contributed by atoms with Gasteiger partial charge in [0.05, 0.1) is 34.3 Å². The Hall–Kier alpha value is -3.51. The highest BCUT2D eigenvalue weighted by Crippen LogP contribution is 2.53. The summed E-state index contributed by atoms with van der Waals surface area (Å²) < 4.78 is 0. The highest BCUT2D eigenvalue weighted by molar-refractivity contribution is 6.32. The maximum absolute atomic E-state index is 13.1. The monoisotopic (exact) mass is 458 g/mol. The van der Waals surface area contributed by atoms with Gasteiger partial charge in [-0.2, -0.15) is 0 Å². The number of aryl methyl sites for hydroxylation is 1. The summed E-state index contributed by atoms with van der Waals surface area (Å²) in [6.07, 6.45) is 5.04. The first-order valence-electron chi connectivity index (χ1n) is 10.8. The molecule has 1 aromatic heterocycles. The number of carbonyl (C=O) groups is 3. The first-order chi connectivity index (χ1) is 15.8. The van der Waals surface area contributed by atoms with E-state index < -0.39 is 5.97 Å². The summed E-state index contributed by atoms with van der Waals surface area (Å²) in [6, 6.07) is 11.8. The molecule has 4 unspecified atom stereocenters. The van der Waals surface area contributed by atoms with E-state index in [0.717, 1.165) is 6.42 Å². The van der Waals surface area contributed by atoms with Crippen LogP contribution in [0.3, 0.4) is 0 Å². The number of aromatic carboxylic acids is 1. The van der Waals surface area contributed by atoms with Crippen molar-refractivity contribution in [2.45, 2.75) is 13.3 Å². The number of nitrogens with zero attached hydrogens (tertiary/aromatic N) is 2. The molecule has 4 atom stereocenters. The van der Waals surface area contributed by atoms with Gasteiger partial charge in [-0.15, -0.1) is 0 Å². The number of hydrogen-bond donors (Lipinski definition) is 1. The topological polar surface area (TPSA) is 87.6 Å². The number of halogens is 1. The van der Waals surface area contributed by atoms with Crippen LogP contribution in [0.4, 0.5) is 5.69 Å². The van der Waals surface area contributed by atoms with E-state index >= 15 is 0 Å². The summed E-state index contributed by atoms with van der Waals surface area (Å²) in [6.45, 7) is 1.81. The molecule has 2 heterocycles. The van der Waals surface area contributed by atoms with Crippen LogP contribution < -0.4 is 4.90 Å². The fraction of sp³-hybridized carbons (Fsp3) is 0.231. The molecule has 3 aliphatic rings. The number of pyridine rings is 1. The third kappa shape index (κ3) is 2.80. The smallest absolute Gasteiger partial charge is 0.336 e. The SMILES string of the molecule is Cc1c(Cl)ccc2c(C(=O)O)cc(-c3ccc(N4C(=O)C5C6C=CC(C6)C5C4=O)cc3)nc12. The average Bonchev–Trinajstić information content (AvgIpc) is 3.49. The highest BCUT2D eigenvalue weighted by Gasteiger charge is 2.59. The Morgan fingerprint density at radius 2 is 1.67 bits per heavy atom. The molecule has 7 heteroatoms. The standard InChI is InChI=1S/C26H19ClN2O4/c1-12-19(27)9-8-17-18(26(32)33)11-20(28-23(12)17)13-4-6-16(7-5-13)29-24(30)21-14-2-3-15(10-14)22(21)25(29)31/h2-9,11,14-15,21-22H,10H2,1H3,(H,32,33). The Bertz CT molecular complexity index is 1380. The molecule has 164 valence electrons. The van der Waals surface area contributed by atoms with Crippen LogP contribution in [0.5, 0.6) is 0 Å². The lowest BCUT2D eigenvalue weighted by Gasteiger charge is -2.17. The normalized spacial score (nSPS) is 25.3. The maximum Gasteiger partial charge on any atom is 0.336 e. The molecule has 2 aliphatic carbocycles. The molecule has 0 radical (unpaired) electrons. The van der Waals surface area contributed by atoms with Gasteiger partial charge in [0.15, 0.2) is 0 Å². The molecule has 2 bridgehead atoms. The number of amides is 2. The second-order valence-corrected chi connectivity index (χ2v) is 9.39. The van der Waals surface area contributed by atoms with Crippen LogP contribution >= 0.6 is 11.6 Å². The van der Waals surface area contributed by atoms with Crippen molar-refractivity contribution in [2.75, 3.05) is 4.90 Å². The first kappa shape index (κ1) is 20.1. The number of allylic oxidation sites excluding steroid dienone is 2. The number of hydrogen-bond acceptors (Lipinski definition) is 4. The van der Waals surface area contributed by atoms with Crippen molar-refractivity contribution in [3.05, 3.63) is 70.8 Å². The van der Waals surface area contributed by atoms with E-state index in [1.165, 1.54) is 11.0 Å². The first-order valence-corrected chi connectivity index (χ1v) is 11.2.